The maximum atomic E-state index is 12.9. The van der Waals surface area contributed by atoms with E-state index in [0.29, 0.717) is 19.0 Å². The lowest BCUT2D eigenvalue weighted by molar-refractivity contribution is 0.0688. The van der Waals surface area contributed by atoms with Gasteiger partial charge in [-0.2, -0.15) is 5.10 Å². The van der Waals surface area contributed by atoms with Crippen molar-refractivity contribution in [1.29, 1.82) is 0 Å². The number of aromatic carboxylic acids is 1. The van der Waals surface area contributed by atoms with Gasteiger partial charge in [0.15, 0.2) is 0 Å². The fourth-order valence-corrected chi connectivity index (χ4v) is 3.89. The van der Waals surface area contributed by atoms with Crippen LogP contribution in [0.4, 0.5) is 0 Å². The molecule has 0 radical (unpaired) electrons. The van der Waals surface area contributed by atoms with Gasteiger partial charge in [0.25, 0.3) is 5.91 Å². The van der Waals surface area contributed by atoms with E-state index in [1.165, 1.54) is 11.8 Å². The van der Waals surface area contributed by atoms with Crippen LogP contribution in [0.1, 0.15) is 57.5 Å². The number of piperidine rings is 1. The Morgan fingerprint density at radius 1 is 1.15 bits per heavy atom. The van der Waals surface area contributed by atoms with E-state index in [-0.39, 0.29) is 17.5 Å². The summed E-state index contributed by atoms with van der Waals surface area (Å²) in [5, 5.41) is 13.2. The highest BCUT2D eigenvalue weighted by Crippen LogP contribution is 2.27. The molecule has 0 spiro atoms. The van der Waals surface area contributed by atoms with E-state index in [0.717, 1.165) is 38.0 Å². The molecule has 1 aromatic carbocycles. The Morgan fingerprint density at radius 3 is 2.63 bits per heavy atom. The van der Waals surface area contributed by atoms with Crippen molar-refractivity contribution in [2.45, 2.75) is 31.2 Å². The molecule has 2 aliphatic rings. The van der Waals surface area contributed by atoms with Gasteiger partial charge in [0.1, 0.15) is 0 Å². The molecule has 7 heteroatoms. The van der Waals surface area contributed by atoms with E-state index in [2.05, 4.69) is 11.2 Å². The summed E-state index contributed by atoms with van der Waals surface area (Å²) in [4.78, 5) is 25.8. The van der Waals surface area contributed by atoms with Crippen LogP contribution in [0.2, 0.25) is 0 Å². The molecule has 142 valence electrons. The van der Waals surface area contributed by atoms with Gasteiger partial charge in [-0.15, -0.1) is 0 Å². The molecular formula is C20H23N3O4. The van der Waals surface area contributed by atoms with Crippen LogP contribution in [-0.2, 0) is 4.74 Å². The highest BCUT2D eigenvalue weighted by Gasteiger charge is 2.26. The van der Waals surface area contributed by atoms with E-state index in [4.69, 9.17) is 9.84 Å². The minimum atomic E-state index is -0.971. The number of benzene rings is 1. The van der Waals surface area contributed by atoms with Crippen LogP contribution in [0.3, 0.4) is 0 Å². The lowest BCUT2D eigenvalue weighted by Crippen LogP contribution is -2.39. The van der Waals surface area contributed by atoms with Crippen molar-refractivity contribution in [2.24, 2.45) is 0 Å². The Kier molecular flexibility index (Phi) is 4.94. The number of carbonyl (C=O) groups is 2. The number of aromatic nitrogens is 2. The van der Waals surface area contributed by atoms with E-state index >= 15 is 0 Å². The molecule has 1 aromatic heterocycles. The third kappa shape index (κ3) is 3.73. The van der Waals surface area contributed by atoms with Crippen LogP contribution in [0.15, 0.2) is 36.7 Å². The first-order valence-electron chi connectivity index (χ1n) is 9.36. The summed E-state index contributed by atoms with van der Waals surface area (Å²) in [6.45, 7) is 2.80. The number of carboxylic acids is 1. The zero-order valence-electron chi connectivity index (χ0n) is 15.1. The van der Waals surface area contributed by atoms with Crippen molar-refractivity contribution in [2.75, 3.05) is 26.3 Å². The monoisotopic (exact) mass is 369 g/mol. The third-order valence-electron chi connectivity index (χ3n) is 5.51. The predicted molar refractivity (Wildman–Crippen MR) is 98.0 cm³/mol. The maximum Gasteiger partial charge on any atom is 0.338 e. The summed E-state index contributed by atoms with van der Waals surface area (Å²) >= 11 is 0. The molecule has 1 unspecified atom stereocenters. The second kappa shape index (κ2) is 7.52. The molecule has 2 aromatic rings. The van der Waals surface area contributed by atoms with Gasteiger partial charge in [0, 0.05) is 37.4 Å². The summed E-state index contributed by atoms with van der Waals surface area (Å²) in [6, 6.07) is 8.02. The first-order chi connectivity index (χ1) is 13.1. The standard InChI is InChI=1S/C20H23N3O4/c24-19(15-3-1-2-14(10-15)16-6-9-27-13-16)22-7-4-18(5-8-22)23-12-17(11-21-23)20(25)26/h1-3,10-12,16,18H,4-9,13H2,(H,25,26). The highest BCUT2D eigenvalue weighted by molar-refractivity contribution is 5.94. The summed E-state index contributed by atoms with van der Waals surface area (Å²) in [5.74, 6) is -0.533. The van der Waals surface area contributed by atoms with Gasteiger partial charge < -0.3 is 14.7 Å². The molecule has 7 nitrogen and oxygen atoms in total. The van der Waals surface area contributed by atoms with Crippen molar-refractivity contribution in [1.82, 2.24) is 14.7 Å². The number of carbonyl (C=O) groups excluding carboxylic acids is 1. The van der Waals surface area contributed by atoms with E-state index in [9.17, 15) is 9.59 Å². The van der Waals surface area contributed by atoms with E-state index in [1.54, 1.807) is 10.9 Å². The molecule has 27 heavy (non-hydrogen) atoms. The number of nitrogens with zero attached hydrogens (tertiary/aromatic N) is 3. The van der Waals surface area contributed by atoms with E-state index in [1.807, 2.05) is 23.1 Å². The minimum Gasteiger partial charge on any atom is -0.478 e. The van der Waals surface area contributed by atoms with Crippen LogP contribution in [0.25, 0.3) is 0 Å². The third-order valence-corrected chi connectivity index (χ3v) is 5.51. The van der Waals surface area contributed by atoms with Crippen molar-refractivity contribution in [3.05, 3.63) is 53.3 Å². The van der Waals surface area contributed by atoms with Gasteiger partial charge in [-0.25, -0.2) is 4.79 Å². The number of likely N-dealkylation sites (tertiary alicyclic amines) is 1. The molecule has 2 fully saturated rings. The first kappa shape index (κ1) is 17.7. The minimum absolute atomic E-state index is 0.0564. The van der Waals surface area contributed by atoms with Crippen molar-refractivity contribution >= 4 is 11.9 Å². The highest BCUT2D eigenvalue weighted by atomic mass is 16.5. The smallest absolute Gasteiger partial charge is 0.338 e. The van der Waals surface area contributed by atoms with Gasteiger partial charge in [-0.3, -0.25) is 9.48 Å². The largest absolute Gasteiger partial charge is 0.478 e. The van der Waals surface area contributed by atoms with Gasteiger partial charge in [0.2, 0.25) is 0 Å². The molecule has 2 saturated heterocycles. The van der Waals surface area contributed by atoms with Crippen molar-refractivity contribution in [3.63, 3.8) is 0 Å². The SMILES string of the molecule is O=C(O)c1cnn(C2CCN(C(=O)c3cccc(C4CCOC4)c3)CC2)c1. The van der Waals surface area contributed by atoms with Crippen LogP contribution in [0.5, 0.6) is 0 Å². The Balaban J connectivity index is 1.39. The predicted octanol–water partition coefficient (Wildman–Crippen LogP) is 2.56. The first-order valence-corrected chi connectivity index (χ1v) is 9.36. The van der Waals surface area contributed by atoms with Crippen molar-refractivity contribution < 1.29 is 19.4 Å². The topological polar surface area (TPSA) is 84.7 Å². The quantitative estimate of drug-likeness (QED) is 0.895. The summed E-state index contributed by atoms with van der Waals surface area (Å²) in [7, 11) is 0. The molecule has 1 atom stereocenters. The number of hydrogen-bond donors (Lipinski definition) is 1. The number of amides is 1. The molecule has 2 aliphatic heterocycles. The number of carboxylic acid groups (broad SMARTS) is 1. The number of hydrogen-bond acceptors (Lipinski definition) is 4. The number of ether oxygens (including phenoxy) is 1. The zero-order valence-corrected chi connectivity index (χ0v) is 15.1. The van der Waals surface area contributed by atoms with Gasteiger partial charge in [0.05, 0.1) is 24.4 Å². The average molecular weight is 369 g/mol. The molecule has 0 aliphatic carbocycles. The maximum absolute atomic E-state index is 12.9. The van der Waals surface area contributed by atoms with Crippen LogP contribution >= 0.6 is 0 Å². The summed E-state index contributed by atoms with van der Waals surface area (Å²) < 4.78 is 7.17. The molecule has 1 N–H and O–H groups in total. The van der Waals surface area contributed by atoms with Crippen LogP contribution in [0, 0.1) is 0 Å². The Labute approximate surface area is 157 Å². The Hall–Kier alpha value is -2.67. The molecule has 0 bridgehead atoms. The zero-order chi connectivity index (χ0) is 18.8. The second-order valence-electron chi connectivity index (χ2n) is 7.22. The second-order valence-corrected chi connectivity index (χ2v) is 7.22. The lowest BCUT2D eigenvalue weighted by atomic mass is 9.96. The van der Waals surface area contributed by atoms with Gasteiger partial charge in [-0.05, 0) is 37.0 Å². The van der Waals surface area contributed by atoms with Gasteiger partial charge in [-0.1, -0.05) is 12.1 Å². The average Bonchev–Trinajstić information content (AvgIpc) is 3.40. The molecule has 3 heterocycles. The molecule has 1 amide bonds. The van der Waals surface area contributed by atoms with Crippen molar-refractivity contribution in [3.8, 4) is 0 Å². The fraction of sp³-hybridized carbons (Fsp3) is 0.450. The normalized spacial score (nSPS) is 20.7. The van der Waals surface area contributed by atoms with E-state index < -0.39 is 5.97 Å². The number of rotatable bonds is 4. The molecule has 0 saturated carbocycles. The lowest BCUT2D eigenvalue weighted by Gasteiger charge is -2.32. The Morgan fingerprint density at radius 2 is 1.96 bits per heavy atom. The van der Waals surface area contributed by atoms with Crippen LogP contribution in [-0.4, -0.2) is 58.0 Å². The van der Waals surface area contributed by atoms with Crippen LogP contribution < -0.4 is 0 Å². The molecule has 4 rings (SSSR count). The van der Waals surface area contributed by atoms with Gasteiger partial charge >= 0.3 is 5.97 Å². The Bertz CT molecular complexity index is 833. The fourth-order valence-electron chi connectivity index (χ4n) is 3.89. The summed E-state index contributed by atoms with van der Waals surface area (Å²) in [5.41, 5.74) is 2.09. The summed E-state index contributed by atoms with van der Waals surface area (Å²) in [6.07, 6.45) is 5.48. The molecular weight excluding hydrogens is 346 g/mol.